The number of rotatable bonds is 8. The normalized spacial score (nSPS) is 12.2. The molecule has 3 nitrogen and oxygen atoms in total. The Hall–Kier alpha value is -1.35. The van der Waals surface area contributed by atoms with Crippen molar-refractivity contribution in [2.24, 2.45) is 5.73 Å². The molecule has 1 unspecified atom stereocenters. The van der Waals surface area contributed by atoms with E-state index >= 15 is 0 Å². The summed E-state index contributed by atoms with van der Waals surface area (Å²) >= 11 is 0. The molecule has 3 heteroatoms. The molecule has 3 N–H and O–H groups in total. The lowest BCUT2D eigenvalue weighted by molar-refractivity contribution is 0.0937. The quantitative estimate of drug-likeness (QED) is 0.708. The molecule has 106 valence electrons. The van der Waals surface area contributed by atoms with Crippen LogP contribution < -0.4 is 11.1 Å². The van der Waals surface area contributed by atoms with Crippen molar-refractivity contribution in [2.75, 3.05) is 6.54 Å². The number of carbonyl (C=O) groups is 1. The summed E-state index contributed by atoms with van der Waals surface area (Å²) < 4.78 is 0. The predicted octanol–water partition coefficient (Wildman–Crippen LogP) is 2.89. The number of hydrogen-bond donors (Lipinski definition) is 2. The van der Waals surface area contributed by atoms with E-state index in [9.17, 15) is 4.79 Å². The minimum Gasteiger partial charge on any atom is -0.350 e. The first-order valence-electron chi connectivity index (χ1n) is 7.27. The summed E-state index contributed by atoms with van der Waals surface area (Å²) in [5.41, 5.74) is 7.37. The van der Waals surface area contributed by atoms with Crippen LogP contribution in [0.1, 0.15) is 55.5 Å². The molecule has 0 spiro atoms. The van der Waals surface area contributed by atoms with E-state index in [-0.39, 0.29) is 11.9 Å². The first kappa shape index (κ1) is 15.7. The van der Waals surface area contributed by atoms with Crippen LogP contribution in [0.3, 0.4) is 0 Å². The summed E-state index contributed by atoms with van der Waals surface area (Å²) in [7, 11) is 0. The number of benzene rings is 1. The van der Waals surface area contributed by atoms with Gasteiger partial charge in [0.05, 0.1) is 0 Å². The van der Waals surface area contributed by atoms with Crippen LogP contribution in [-0.2, 0) is 6.42 Å². The second-order valence-electron chi connectivity index (χ2n) is 5.07. The minimum absolute atomic E-state index is 0.0213. The van der Waals surface area contributed by atoms with Gasteiger partial charge < -0.3 is 11.1 Å². The second-order valence-corrected chi connectivity index (χ2v) is 5.07. The number of amides is 1. The molecule has 0 saturated carbocycles. The molecule has 0 radical (unpaired) electrons. The highest BCUT2D eigenvalue weighted by Crippen LogP contribution is 2.10. The third kappa shape index (κ3) is 5.43. The molecular formula is C16H26N2O. The fourth-order valence-electron chi connectivity index (χ4n) is 2.19. The number of hydrogen-bond acceptors (Lipinski definition) is 2. The van der Waals surface area contributed by atoms with Crippen molar-refractivity contribution < 1.29 is 4.79 Å². The Balaban J connectivity index is 2.57. The standard InChI is InChI=1S/C16H26N2O/c1-3-4-5-8-13(2)18-16(19)15-10-7-6-9-14(15)11-12-17/h6-7,9-10,13H,3-5,8,11-12,17H2,1-2H3,(H,18,19). The molecule has 0 aromatic heterocycles. The molecule has 0 saturated heterocycles. The van der Waals surface area contributed by atoms with Crippen molar-refractivity contribution in [1.29, 1.82) is 0 Å². The maximum Gasteiger partial charge on any atom is 0.251 e. The molecule has 19 heavy (non-hydrogen) atoms. The molecule has 0 fully saturated rings. The average Bonchev–Trinajstić information content (AvgIpc) is 2.40. The Kier molecular flexibility index (Phi) is 7.19. The summed E-state index contributed by atoms with van der Waals surface area (Å²) in [6.07, 6.45) is 5.39. The van der Waals surface area contributed by atoms with Crippen molar-refractivity contribution in [3.63, 3.8) is 0 Å². The van der Waals surface area contributed by atoms with Crippen LogP contribution in [0.4, 0.5) is 0 Å². The zero-order chi connectivity index (χ0) is 14.1. The van der Waals surface area contributed by atoms with Crippen LogP contribution in [0, 0.1) is 0 Å². The van der Waals surface area contributed by atoms with Crippen LogP contribution in [0.2, 0.25) is 0 Å². The van der Waals surface area contributed by atoms with Crippen LogP contribution in [0.5, 0.6) is 0 Å². The number of carbonyl (C=O) groups excluding carboxylic acids is 1. The van der Waals surface area contributed by atoms with Gasteiger partial charge in [0.15, 0.2) is 0 Å². The van der Waals surface area contributed by atoms with Gasteiger partial charge in [-0.25, -0.2) is 0 Å². The van der Waals surface area contributed by atoms with E-state index in [4.69, 9.17) is 5.73 Å². The zero-order valence-electron chi connectivity index (χ0n) is 12.1. The van der Waals surface area contributed by atoms with E-state index in [0.29, 0.717) is 6.54 Å². The first-order valence-corrected chi connectivity index (χ1v) is 7.27. The fraction of sp³-hybridized carbons (Fsp3) is 0.562. The third-order valence-electron chi connectivity index (χ3n) is 3.29. The van der Waals surface area contributed by atoms with Crippen molar-refractivity contribution in [3.05, 3.63) is 35.4 Å². The highest BCUT2D eigenvalue weighted by molar-refractivity contribution is 5.95. The van der Waals surface area contributed by atoms with Gasteiger partial charge in [-0.3, -0.25) is 4.79 Å². The smallest absolute Gasteiger partial charge is 0.251 e. The minimum atomic E-state index is 0.0213. The summed E-state index contributed by atoms with van der Waals surface area (Å²) in [5.74, 6) is 0.0213. The number of nitrogens with one attached hydrogen (secondary N) is 1. The summed E-state index contributed by atoms with van der Waals surface area (Å²) in [6, 6.07) is 7.93. The average molecular weight is 262 g/mol. The van der Waals surface area contributed by atoms with Gasteiger partial charge in [-0.1, -0.05) is 44.4 Å². The molecule has 0 aliphatic heterocycles. The summed E-state index contributed by atoms with van der Waals surface area (Å²) in [6.45, 7) is 4.82. The van der Waals surface area contributed by atoms with Crippen LogP contribution >= 0.6 is 0 Å². The predicted molar refractivity (Wildman–Crippen MR) is 80.3 cm³/mol. The molecule has 0 aliphatic carbocycles. The van der Waals surface area contributed by atoms with Gasteiger partial charge in [0, 0.05) is 11.6 Å². The van der Waals surface area contributed by atoms with E-state index in [1.165, 1.54) is 19.3 Å². The molecule has 1 aromatic carbocycles. The van der Waals surface area contributed by atoms with Crippen molar-refractivity contribution in [1.82, 2.24) is 5.32 Å². The van der Waals surface area contributed by atoms with Gasteiger partial charge in [0.2, 0.25) is 0 Å². The monoisotopic (exact) mass is 262 g/mol. The largest absolute Gasteiger partial charge is 0.350 e. The molecule has 1 aromatic rings. The van der Waals surface area contributed by atoms with Gasteiger partial charge in [0.25, 0.3) is 5.91 Å². The Labute approximate surface area is 116 Å². The van der Waals surface area contributed by atoms with Gasteiger partial charge in [-0.05, 0) is 37.9 Å². The lowest BCUT2D eigenvalue weighted by Crippen LogP contribution is -2.33. The molecule has 0 heterocycles. The van der Waals surface area contributed by atoms with E-state index in [0.717, 1.165) is 24.0 Å². The highest BCUT2D eigenvalue weighted by Gasteiger charge is 2.12. The van der Waals surface area contributed by atoms with E-state index in [2.05, 4.69) is 19.2 Å². The van der Waals surface area contributed by atoms with Crippen molar-refractivity contribution in [2.45, 2.75) is 52.0 Å². The van der Waals surface area contributed by atoms with Crippen LogP contribution in [-0.4, -0.2) is 18.5 Å². The summed E-state index contributed by atoms with van der Waals surface area (Å²) in [4.78, 5) is 12.2. The number of nitrogens with two attached hydrogens (primary N) is 1. The Bertz CT molecular complexity index is 390. The van der Waals surface area contributed by atoms with Crippen LogP contribution in [0.25, 0.3) is 0 Å². The van der Waals surface area contributed by atoms with Gasteiger partial charge in [-0.2, -0.15) is 0 Å². The van der Waals surface area contributed by atoms with Crippen molar-refractivity contribution >= 4 is 5.91 Å². The van der Waals surface area contributed by atoms with E-state index in [1.54, 1.807) is 0 Å². The lowest BCUT2D eigenvalue weighted by atomic mass is 10.0. The molecular weight excluding hydrogens is 236 g/mol. The summed E-state index contributed by atoms with van der Waals surface area (Å²) in [5, 5.41) is 3.07. The Morgan fingerprint density at radius 2 is 2.05 bits per heavy atom. The lowest BCUT2D eigenvalue weighted by Gasteiger charge is -2.15. The second kappa shape index (κ2) is 8.70. The van der Waals surface area contributed by atoms with Gasteiger partial charge in [0.1, 0.15) is 0 Å². The van der Waals surface area contributed by atoms with E-state index < -0.39 is 0 Å². The molecule has 0 bridgehead atoms. The Morgan fingerprint density at radius 3 is 2.74 bits per heavy atom. The third-order valence-corrected chi connectivity index (χ3v) is 3.29. The molecule has 1 amide bonds. The molecule has 1 atom stereocenters. The topological polar surface area (TPSA) is 55.1 Å². The van der Waals surface area contributed by atoms with Crippen molar-refractivity contribution in [3.8, 4) is 0 Å². The maximum absolute atomic E-state index is 12.2. The zero-order valence-corrected chi connectivity index (χ0v) is 12.1. The number of unbranched alkanes of at least 4 members (excludes halogenated alkanes) is 2. The SMILES string of the molecule is CCCCCC(C)NC(=O)c1ccccc1CCN. The van der Waals surface area contributed by atoms with Gasteiger partial charge in [-0.15, -0.1) is 0 Å². The molecule has 0 aliphatic rings. The highest BCUT2D eigenvalue weighted by atomic mass is 16.1. The maximum atomic E-state index is 12.2. The van der Waals surface area contributed by atoms with E-state index in [1.807, 2.05) is 24.3 Å². The Morgan fingerprint density at radius 1 is 1.32 bits per heavy atom. The van der Waals surface area contributed by atoms with Gasteiger partial charge >= 0.3 is 0 Å². The molecule has 1 rings (SSSR count). The fourth-order valence-corrected chi connectivity index (χ4v) is 2.19. The first-order chi connectivity index (χ1) is 9.19. The van der Waals surface area contributed by atoms with Crippen LogP contribution in [0.15, 0.2) is 24.3 Å².